The third-order valence-corrected chi connectivity index (χ3v) is 4.50. The van der Waals surface area contributed by atoms with Crippen molar-refractivity contribution in [3.63, 3.8) is 0 Å². The standard InChI is InChI=1S/C15H24N2O4/c18-13-7-3-9-17(13)10-4-8-16-14(19)11-5-1-2-6-12(11)15(20)21/h11-12H,1-10H2,(H,16,19)(H,20,21)/t11-,12-/m1/s1. The molecule has 2 atom stereocenters. The number of likely N-dealkylation sites (tertiary alicyclic amines) is 1. The SMILES string of the molecule is O=C(O)[C@@H]1CCCC[C@H]1C(=O)NCCCN1CCCC1=O. The average molecular weight is 296 g/mol. The van der Waals surface area contributed by atoms with Crippen LogP contribution in [0, 0.1) is 11.8 Å². The van der Waals surface area contributed by atoms with Crippen LogP contribution >= 0.6 is 0 Å². The number of carbonyl (C=O) groups is 3. The normalized spacial score (nSPS) is 25.9. The number of amides is 2. The number of rotatable bonds is 6. The van der Waals surface area contributed by atoms with Gasteiger partial charge in [-0.3, -0.25) is 14.4 Å². The maximum Gasteiger partial charge on any atom is 0.307 e. The van der Waals surface area contributed by atoms with Gasteiger partial charge in [0.2, 0.25) is 11.8 Å². The molecule has 2 aliphatic rings. The lowest BCUT2D eigenvalue weighted by Gasteiger charge is -2.27. The Hall–Kier alpha value is -1.59. The number of nitrogens with one attached hydrogen (secondary N) is 1. The highest BCUT2D eigenvalue weighted by Crippen LogP contribution is 2.30. The van der Waals surface area contributed by atoms with Crippen molar-refractivity contribution in [2.24, 2.45) is 11.8 Å². The first-order valence-corrected chi connectivity index (χ1v) is 7.88. The number of hydrogen-bond acceptors (Lipinski definition) is 3. The van der Waals surface area contributed by atoms with Crippen molar-refractivity contribution < 1.29 is 19.5 Å². The van der Waals surface area contributed by atoms with Gasteiger partial charge in [-0.2, -0.15) is 0 Å². The van der Waals surface area contributed by atoms with Crippen LogP contribution in [0.1, 0.15) is 44.9 Å². The van der Waals surface area contributed by atoms with Crippen molar-refractivity contribution in [1.82, 2.24) is 10.2 Å². The maximum absolute atomic E-state index is 12.1. The van der Waals surface area contributed by atoms with E-state index in [1.807, 2.05) is 4.90 Å². The molecule has 0 spiro atoms. The molecule has 0 aromatic heterocycles. The number of hydrogen-bond donors (Lipinski definition) is 2. The van der Waals surface area contributed by atoms with Crippen LogP contribution in [0.3, 0.4) is 0 Å². The van der Waals surface area contributed by atoms with Crippen LogP contribution < -0.4 is 5.32 Å². The van der Waals surface area contributed by atoms with Gasteiger partial charge in [0.1, 0.15) is 0 Å². The summed E-state index contributed by atoms with van der Waals surface area (Å²) in [5.41, 5.74) is 0. The smallest absolute Gasteiger partial charge is 0.307 e. The number of carbonyl (C=O) groups excluding carboxylic acids is 2. The Kier molecular flexibility index (Phi) is 5.59. The minimum absolute atomic E-state index is 0.144. The lowest BCUT2D eigenvalue weighted by molar-refractivity contribution is -0.148. The Balaban J connectivity index is 1.70. The summed E-state index contributed by atoms with van der Waals surface area (Å²) in [5, 5.41) is 12.0. The molecule has 0 unspecified atom stereocenters. The first-order valence-electron chi connectivity index (χ1n) is 7.88. The quantitative estimate of drug-likeness (QED) is 0.716. The van der Waals surface area contributed by atoms with Crippen molar-refractivity contribution in [1.29, 1.82) is 0 Å². The van der Waals surface area contributed by atoms with Gasteiger partial charge < -0.3 is 15.3 Å². The monoisotopic (exact) mass is 296 g/mol. The predicted molar refractivity (Wildman–Crippen MR) is 76.5 cm³/mol. The Bertz CT molecular complexity index is 410. The molecule has 1 aliphatic carbocycles. The van der Waals surface area contributed by atoms with E-state index in [1.54, 1.807) is 0 Å². The second-order valence-electron chi connectivity index (χ2n) is 5.96. The van der Waals surface area contributed by atoms with Crippen LogP contribution in [0.25, 0.3) is 0 Å². The number of carboxylic acids is 1. The molecule has 2 N–H and O–H groups in total. The van der Waals surface area contributed by atoms with Gasteiger partial charge in [-0.25, -0.2) is 0 Å². The predicted octanol–water partition coefficient (Wildman–Crippen LogP) is 1.01. The summed E-state index contributed by atoms with van der Waals surface area (Å²) in [6.45, 7) is 1.99. The van der Waals surface area contributed by atoms with Gasteiger partial charge >= 0.3 is 5.97 Å². The van der Waals surface area contributed by atoms with Gasteiger partial charge in [0.05, 0.1) is 11.8 Å². The third-order valence-electron chi connectivity index (χ3n) is 4.50. The van der Waals surface area contributed by atoms with Crippen molar-refractivity contribution in [3.8, 4) is 0 Å². The van der Waals surface area contributed by atoms with E-state index >= 15 is 0 Å². The second-order valence-corrected chi connectivity index (χ2v) is 5.96. The maximum atomic E-state index is 12.1. The molecule has 6 nitrogen and oxygen atoms in total. The van der Waals surface area contributed by atoms with E-state index < -0.39 is 17.8 Å². The molecule has 1 aliphatic heterocycles. The summed E-state index contributed by atoms with van der Waals surface area (Å²) >= 11 is 0. The van der Waals surface area contributed by atoms with Crippen molar-refractivity contribution >= 4 is 17.8 Å². The molecule has 0 bridgehead atoms. The molecular weight excluding hydrogens is 272 g/mol. The van der Waals surface area contributed by atoms with Crippen molar-refractivity contribution in [2.75, 3.05) is 19.6 Å². The highest BCUT2D eigenvalue weighted by Gasteiger charge is 2.35. The highest BCUT2D eigenvalue weighted by molar-refractivity contribution is 5.84. The van der Waals surface area contributed by atoms with Gasteiger partial charge in [-0.05, 0) is 25.7 Å². The third kappa shape index (κ3) is 4.19. The topological polar surface area (TPSA) is 86.7 Å². The van der Waals surface area contributed by atoms with Crippen LogP contribution in [0.15, 0.2) is 0 Å². The summed E-state index contributed by atoms with van der Waals surface area (Å²) in [7, 11) is 0. The second kappa shape index (κ2) is 7.43. The van der Waals surface area contributed by atoms with Gasteiger partial charge in [0.25, 0.3) is 0 Å². The van der Waals surface area contributed by atoms with Gasteiger partial charge in [-0.15, -0.1) is 0 Å². The number of nitrogens with zero attached hydrogens (tertiary/aromatic N) is 1. The Morgan fingerprint density at radius 1 is 1.19 bits per heavy atom. The van der Waals surface area contributed by atoms with E-state index in [2.05, 4.69) is 5.32 Å². The molecule has 2 fully saturated rings. The first-order chi connectivity index (χ1) is 10.1. The van der Waals surface area contributed by atoms with Crippen LogP contribution in [0.5, 0.6) is 0 Å². The van der Waals surface area contributed by atoms with Gasteiger partial charge in [0, 0.05) is 26.1 Å². The molecule has 6 heteroatoms. The van der Waals surface area contributed by atoms with E-state index in [0.29, 0.717) is 32.4 Å². The molecule has 2 amide bonds. The lowest BCUT2D eigenvalue weighted by Crippen LogP contribution is -2.40. The summed E-state index contributed by atoms with van der Waals surface area (Å²) < 4.78 is 0. The summed E-state index contributed by atoms with van der Waals surface area (Å²) in [5.74, 6) is -1.75. The molecule has 0 aromatic rings. The van der Waals surface area contributed by atoms with E-state index in [1.165, 1.54) is 0 Å². The first kappa shape index (κ1) is 15.8. The average Bonchev–Trinajstić information content (AvgIpc) is 2.88. The fraction of sp³-hybridized carbons (Fsp3) is 0.800. The van der Waals surface area contributed by atoms with E-state index in [-0.39, 0.29) is 11.8 Å². The Labute approximate surface area is 124 Å². The molecule has 21 heavy (non-hydrogen) atoms. The molecule has 1 heterocycles. The molecule has 2 rings (SSSR count). The summed E-state index contributed by atoms with van der Waals surface area (Å²) in [6.07, 6.45) is 5.34. The zero-order chi connectivity index (χ0) is 15.2. The van der Waals surface area contributed by atoms with E-state index in [9.17, 15) is 19.5 Å². The van der Waals surface area contributed by atoms with Crippen LogP contribution in [-0.2, 0) is 14.4 Å². The fourth-order valence-corrected chi connectivity index (χ4v) is 3.29. The Morgan fingerprint density at radius 2 is 1.90 bits per heavy atom. The van der Waals surface area contributed by atoms with Crippen LogP contribution in [0.2, 0.25) is 0 Å². The van der Waals surface area contributed by atoms with Crippen molar-refractivity contribution in [3.05, 3.63) is 0 Å². The Morgan fingerprint density at radius 3 is 2.52 bits per heavy atom. The molecular formula is C15H24N2O4. The van der Waals surface area contributed by atoms with Crippen LogP contribution in [0.4, 0.5) is 0 Å². The van der Waals surface area contributed by atoms with Gasteiger partial charge in [0.15, 0.2) is 0 Å². The molecule has 1 saturated carbocycles. The largest absolute Gasteiger partial charge is 0.481 e. The molecule has 0 radical (unpaired) electrons. The minimum atomic E-state index is -0.863. The summed E-state index contributed by atoms with van der Waals surface area (Å²) in [4.78, 5) is 36.6. The van der Waals surface area contributed by atoms with Crippen molar-refractivity contribution in [2.45, 2.75) is 44.9 Å². The lowest BCUT2D eigenvalue weighted by atomic mass is 9.79. The van der Waals surface area contributed by atoms with E-state index in [4.69, 9.17) is 0 Å². The molecule has 118 valence electrons. The van der Waals surface area contributed by atoms with Gasteiger partial charge in [-0.1, -0.05) is 12.8 Å². The van der Waals surface area contributed by atoms with E-state index in [0.717, 1.165) is 32.2 Å². The zero-order valence-corrected chi connectivity index (χ0v) is 12.3. The minimum Gasteiger partial charge on any atom is -0.481 e. The zero-order valence-electron chi connectivity index (χ0n) is 12.3. The molecule has 1 saturated heterocycles. The molecule has 0 aromatic carbocycles. The number of carboxylic acid groups (broad SMARTS) is 1. The fourth-order valence-electron chi connectivity index (χ4n) is 3.29. The number of aliphatic carboxylic acids is 1. The highest BCUT2D eigenvalue weighted by atomic mass is 16.4. The summed E-state index contributed by atoms with van der Waals surface area (Å²) in [6, 6.07) is 0. The van der Waals surface area contributed by atoms with Crippen LogP contribution in [-0.4, -0.2) is 47.4 Å².